The van der Waals surface area contributed by atoms with E-state index in [-0.39, 0.29) is 18.0 Å². The highest BCUT2D eigenvalue weighted by atomic mass is 32.2. The molecule has 1 aliphatic rings. The van der Waals surface area contributed by atoms with Gasteiger partial charge in [0.2, 0.25) is 10.0 Å². The molecule has 0 saturated carbocycles. The van der Waals surface area contributed by atoms with Gasteiger partial charge in [-0.05, 0) is 30.3 Å². The van der Waals surface area contributed by atoms with E-state index in [9.17, 15) is 26.0 Å². The van der Waals surface area contributed by atoms with Gasteiger partial charge in [-0.25, -0.2) is 17.8 Å². The van der Waals surface area contributed by atoms with E-state index in [4.69, 9.17) is 0 Å². The lowest BCUT2D eigenvalue weighted by Crippen LogP contribution is -2.49. The van der Waals surface area contributed by atoms with Crippen LogP contribution in [-0.2, 0) is 16.2 Å². The molecule has 26 heavy (non-hydrogen) atoms. The first-order chi connectivity index (χ1) is 12.2. The molecule has 1 fully saturated rings. The Bertz CT molecular complexity index is 860. The number of alkyl halides is 3. The Balaban J connectivity index is 1.68. The molecule has 2 aromatic rings. The number of pyridine rings is 1. The Labute approximate surface area is 147 Å². The molecular weight excluding hydrogens is 374 g/mol. The third-order valence-corrected chi connectivity index (χ3v) is 6.07. The fourth-order valence-electron chi connectivity index (χ4n) is 2.71. The number of sulfonamides is 1. The van der Waals surface area contributed by atoms with Crippen LogP contribution in [0.5, 0.6) is 0 Å². The number of rotatable bonds is 3. The lowest BCUT2D eigenvalue weighted by molar-refractivity contribution is -0.367. The molecule has 1 aromatic heterocycles. The van der Waals surface area contributed by atoms with Crippen LogP contribution in [0.3, 0.4) is 0 Å². The van der Waals surface area contributed by atoms with Gasteiger partial charge in [0.25, 0.3) is 5.82 Å². The number of halogens is 4. The number of hydrogen-bond acceptors (Lipinski definition) is 3. The maximum absolute atomic E-state index is 13.0. The van der Waals surface area contributed by atoms with Crippen molar-refractivity contribution < 1.29 is 31.0 Å². The van der Waals surface area contributed by atoms with Crippen LogP contribution in [0.15, 0.2) is 47.5 Å². The minimum absolute atomic E-state index is 0.00782. The molecule has 0 amide bonds. The van der Waals surface area contributed by atoms with Crippen molar-refractivity contribution in [1.29, 1.82) is 0 Å². The first kappa shape index (κ1) is 18.6. The summed E-state index contributed by atoms with van der Waals surface area (Å²) >= 11 is 0. The minimum Gasteiger partial charge on any atom is -0.259 e. The zero-order valence-corrected chi connectivity index (χ0v) is 14.3. The van der Waals surface area contributed by atoms with Crippen LogP contribution < -0.4 is 9.88 Å². The number of anilines is 1. The van der Waals surface area contributed by atoms with Crippen LogP contribution in [0.25, 0.3) is 0 Å². The molecule has 0 bridgehead atoms. The summed E-state index contributed by atoms with van der Waals surface area (Å²) in [7, 11) is -3.73. The van der Waals surface area contributed by atoms with Gasteiger partial charge in [0.1, 0.15) is 12.0 Å². The Morgan fingerprint density at radius 2 is 1.54 bits per heavy atom. The van der Waals surface area contributed by atoms with Crippen molar-refractivity contribution in [1.82, 2.24) is 4.31 Å². The van der Waals surface area contributed by atoms with Gasteiger partial charge in [-0.2, -0.15) is 17.5 Å². The summed E-state index contributed by atoms with van der Waals surface area (Å²) in [4.78, 5) is 4.38. The molecule has 1 N–H and O–H groups in total. The van der Waals surface area contributed by atoms with Crippen LogP contribution in [0.4, 0.5) is 23.4 Å². The van der Waals surface area contributed by atoms with E-state index in [0.29, 0.717) is 18.9 Å². The van der Waals surface area contributed by atoms with E-state index in [1.807, 2.05) is 0 Å². The normalized spacial score (nSPS) is 16.7. The largest absolute Gasteiger partial charge is 0.419 e. The van der Waals surface area contributed by atoms with Gasteiger partial charge < -0.3 is 0 Å². The Morgan fingerprint density at radius 1 is 0.923 bits per heavy atom. The van der Waals surface area contributed by atoms with Crippen molar-refractivity contribution in [3.05, 3.63) is 54.0 Å². The minimum atomic E-state index is -4.42. The van der Waals surface area contributed by atoms with E-state index in [1.165, 1.54) is 22.5 Å². The van der Waals surface area contributed by atoms with E-state index in [1.54, 1.807) is 4.90 Å². The summed E-state index contributed by atoms with van der Waals surface area (Å²) in [5, 5.41) is 0. The maximum Gasteiger partial charge on any atom is 0.419 e. The zero-order valence-electron chi connectivity index (χ0n) is 13.5. The molecule has 0 unspecified atom stereocenters. The maximum atomic E-state index is 13.0. The van der Waals surface area contributed by atoms with E-state index < -0.39 is 27.6 Å². The number of aromatic nitrogens is 1. The van der Waals surface area contributed by atoms with Crippen molar-refractivity contribution in [2.45, 2.75) is 11.1 Å². The molecule has 0 radical (unpaired) electrons. The predicted molar refractivity (Wildman–Crippen MR) is 85.4 cm³/mol. The molecule has 5 nitrogen and oxygen atoms in total. The number of hydrogen-bond donors (Lipinski definition) is 0. The third-order valence-electron chi connectivity index (χ3n) is 4.15. The fraction of sp³-hybridized carbons (Fsp3) is 0.312. The van der Waals surface area contributed by atoms with Crippen LogP contribution in [0, 0.1) is 5.82 Å². The van der Waals surface area contributed by atoms with Gasteiger partial charge in [-0.1, -0.05) is 0 Å². The van der Waals surface area contributed by atoms with Gasteiger partial charge in [0, 0.05) is 6.07 Å². The highest BCUT2D eigenvalue weighted by molar-refractivity contribution is 7.89. The van der Waals surface area contributed by atoms with Crippen LogP contribution in [0.2, 0.25) is 0 Å². The molecule has 3 rings (SSSR count). The van der Waals surface area contributed by atoms with Gasteiger partial charge in [-0.15, -0.1) is 0 Å². The number of nitrogens with zero attached hydrogens (tertiary/aromatic N) is 2. The summed E-state index contributed by atoms with van der Waals surface area (Å²) in [6.45, 7) is 0.994. The topological polar surface area (TPSA) is 54.8 Å². The monoisotopic (exact) mass is 390 g/mol. The first-order valence-electron chi connectivity index (χ1n) is 7.77. The molecule has 140 valence electrons. The van der Waals surface area contributed by atoms with Gasteiger partial charge in [0.05, 0.1) is 36.6 Å². The summed E-state index contributed by atoms with van der Waals surface area (Å²) in [5.41, 5.74) is -0.779. The molecular formula is C16H16F4N3O2S+. The lowest BCUT2D eigenvalue weighted by Gasteiger charge is -2.30. The van der Waals surface area contributed by atoms with E-state index in [0.717, 1.165) is 24.4 Å². The summed E-state index contributed by atoms with van der Waals surface area (Å²) in [6, 6.07) is 6.89. The van der Waals surface area contributed by atoms with Crippen LogP contribution in [-0.4, -0.2) is 38.9 Å². The first-order valence-corrected chi connectivity index (χ1v) is 9.21. The van der Waals surface area contributed by atoms with Crippen molar-refractivity contribution in [3.63, 3.8) is 0 Å². The summed E-state index contributed by atoms with van der Waals surface area (Å²) in [5.74, 6) is -0.0385. The summed E-state index contributed by atoms with van der Waals surface area (Å²) in [6.07, 6.45) is -3.53. The molecule has 1 saturated heterocycles. The molecule has 0 aliphatic carbocycles. The molecule has 0 spiro atoms. The fourth-order valence-corrected chi connectivity index (χ4v) is 4.14. The van der Waals surface area contributed by atoms with Crippen LogP contribution in [0.1, 0.15) is 5.56 Å². The second kappa shape index (κ2) is 6.84. The number of H-pyrrole nitrogens is 1. The Morgan fingerprint density at radius 3 is 2.04 bits per heavy atom. The van der Waals surface area contributed by atoms with Crippen molar-refractivity contribution in [2.75, 3.05) is 31.1 Å². The van der Waals surface area contributed by atoms with E-state index in [2.05, 4.69) is 4.98 Å². The number of benzene rings is 1. The predicted octanol–water partition coefficient (Wildman–Crippen LogP) is 2.17. The van der Waals surface area contributed by atoms with Crippen molar-refractivity contribution in [2.24, 2.45) is 0 Å². The highest BCUT2D eigenvalue weighted by Gasteiger charge is 2.34. The molecule has 2 heterocycles. The highest BCUT2D eigenvalue weighted by Crippen LogP contribution is 2.28. The van der Waals surface area contributed by atoms with Crippen LogP contribution >= 0.6 is 0 Å². The SMILES string of the molecule is O=S(=O)(c1ccc(F)cc1)N1CCN(c2ccc(C(F)(F)F)c[nH+]2)CC1. The number of piperazine rings is 1. The third kappa shape index (κ3) is 3.80. The average Bonchev–Trinajstić information content (AvgIpc) is 2.62. The molecule has 0 atom stereocenters. The Kier molecular flexibility index (Phi) is 4.89. The van der Waals surface area contributed by atoms with Gasteiger partial charge in [-0.3, -0.25) is 4.90 Å². The second-order valence-corrected chi connectivity index (χ2v) is 7.74. The van der Waals surface area contributed by atoms with Gasteiger partial charge in [0.15, 0.2) is 0 Å². The number of nitrogens with one attached hydrogen (secondary N) is 1. The van der Waals surface area contributed by atoms with E-state index >= 15 is 0 Å². The van der Waals surface area contributed by atoms with Gasteiger partial charge >= 0.3 is 6.18 Å². The molecule has 10 heteroatoms. The number of aromatic amines is 1. The molecule has 1 aromatic carbocycles. The quantitative estimate of drug-likeness (QED) is 0.755. The standard InChI is InChI=1S/C16H15F4N3O2S/c17-13-2-4-14(5-3-13)26(24,25)23-9-7-22(8-10-23)15-6-1-12(11-21-15)16(18,19)20/h1-6,11H,7-10H2/p+1. The Hall–Kier alpha value is -2.20. The van der Waals surface area contributed by atoms with Crippen molar-refractivity contribution >= 4 is 15.8 Å². The average molecular weight is 390 g/mol. The zero-order chi connectivity index (χ0) is 18.9. The smallest absolute Gasteiger partial charge is 0.259 e. The second-order valence-electron chi connectivity index (χ2n) is 5.81. The molecule has 1 aliphatic heterocycles. The van der Waals surface area contributed by atoms with Crippen molar-refractivity contribution in [3.8, 4) is 0 Å². The summed E-state index contributed by atoms with van der Waals surface area (Å²) < 4.78 is 77.1. The lowest BCUT2D eigenvalue weighted by atomic mass is 10.2.